The molecule has 28 heavy (non-hydrogen) atoms. The third-order valence-electron chi connectivity index (χ3n) is 4.56. The maximum atomic E-state index is 11.1. The van der Waals surface area contributed by atoms with E-state index in [1.165, 1.54) is 6.92 Å². The minimum atomic E-state index is -0.0154. The van der Waals surface area contributed by atoms with Crippen LogP contribution in [0, 0.1) is 0 Å². The van der Waals surface area contributed by atoms with Gasteiger partial charge in [-0.2, -0.15) is 0 Å². The van der Waals surface area contributed by atoms with Gasteiger partial charge in [0.15, 0.2) is 0 Å². The number of carbonyl (C=O) groups excluding carboxylic acids is 1. The van der Waals surface area contributed by atoms with E-state index in [0.717, 1.165) is 54.2 Å². The average Bonchev–Trinajstić information content (AvgIpc) is 3.05. The summed E-state index contributed by atoms with van der Waals surface area (Å²) in [6.45, 7) is 3.67. The van der Waals surface area contributed by atoms with Gasteiger partial charge >= 0.3 is 0 Å². The fraction of sp³-hybridized carbons (Fsp3) is 0.364. The topological polar surface area (TPSA) is 65.4 Å². The summed E-state index contributed by atoms with van der Waals surface area (Å²) < 4.78 is 13.2. The number of ether oxygens (including phenoxy) is 2. The molecule has 0 saturated carbocycles. The zero-order valence-electron chi connectivity index (χ0n) is 16.5. The number of aryl methyl sites for hydroxylation is 1. The summed E-state index contributed by atoms with van der Waals surface area (Å²) in [6.07, 6.45) is 2.66. The van der Waals surface area contributed by atoms with E-state index in [-0.39, 0.29) is 5.91 Å². The fourth-order valence-corrected chi connectivity index (χ4v) is 3.15. The molecule has 0 aliphatic heterocycles. The lowest BCUT2D eigenvalue weighted by Gasteiger charge is -2.10. The number of nitrogens with one attached hydrogen (secondary N) is 1. The van der Waals surface area contributed by atoms with Crippen LogP contribution in [0.2, 0.25) is 0 Å². The number of hydrogen-bond donors (Lipinski definition) is 1. The van der Waals surface area contributed by atoms with Crippen molar-refractivity contribution in [3.63, 3.8) is 0 Å². The number of para-hydroxylation sites is 2. The van der Waals surface area contributed by atoms with Crippen molar-refractivity contribution < 1.29 is 14.3 Å². The Balaban J connectivity index is 1.54. The summed E-state index contributed by atoms with van der Waals surface area (Å²) >= 11 is 0. The molecule has 0 spiro atoms. The van der Waals surface area contributed by atoms with Crippen molar-refractivity contribution in [1.29, 1.82) is 0 Å². The Bertz CT molecular complexity index is 903. The normalized spacial score (nSPS) is 10.8. The number of methoxy groups -OCH3 is 1. The second-order valence-electron chi connectivity index (χ2n) is 6.63. The lowest BCUT2D eigenvalue weighted by molar-refractivity contribution is -0.118. The predicted molar refractivity (Wildman–Crippen MR) is 110 cm³/mol. The Labute approximate surface area is 165 Å². The van der Waals surface area contributed by atoms with Gasteiger partial charge in [0, 0.05) is 26.4 Å². The number of amides is 1. The molecule has 0 fully saturated rings. The van der Waals surface area contributed by atoms with Gasteiger partial charge in [-0.25, -0.2) is 4.98 Å². The Morgan fingerprint density at radius 2 is 1.82 bits per heavy atom. The molecule has 1 N–H and O–H groups in total. The van der Waals surface area contributed by atoms with Crippen LogP contribution >= 0.6 is 0 Å². The lowest BCUT2D eigenvalue weighted by Crippen LogP contribution is -2.23. The molecule has 0 saturated heterocycles. The average molecular weight is 381 g/mol. The predicted octanol–water partition coefficient (Wildman–Crippen LogP) is 3.58. The molecule has 1 aromatic heterocycles. The van der Waals surface area contributed by atoms with Gasteiger partial charge in [-0.1, -0.05) is 12.1 Å². The Hall–Kier alpha value is -3.02. The molecule has 148 valence electrons. The van der Waals surface area contributed by atoms with Crippen molar-refractivity contribution in [2.45, 2.75) is 32.7 Å². The first-order chi connectivity index (χ1) is 13.7. The highest BCUT2D eigenvalue weighted by molar-refractivity contribution is 5.76. The first-order valence-corrected chi connectivity index (χ1v) is 9.63. The highest BCUT2D eigenvalue weighted by Crippen LogP contribution is 2.19. The number of hydrogen-bond acceptors (Lipinski definition) is 4. The van der Waals surface area contributed by atoms with Crippen molar-refractivity contribution in [3.8, 4) is 11.5 Å². The molecule has 0 unspecified atom stereocenters. The number of rotatable bonds is 10. The number of benzene rings is 2. The maximum absolute atomic E-state index is 11.1. The molecule has 0 atom stereocenters. The number of fused-ring (bicyclic) bond motifs is 1. The van der Waals surface area contributed by atoms with E-state index in [9.17, 15) is 4.79 Å². The van der Waals surface area contributed by atoms with Gasteiger partial charge in [-0.15, -0.1) is 0 Å². The lowest BCUT2D eigenvalue weighted by atomic mass is 10.2. The summed E-state index contributed by atoms with van der Waals surface area (Å²) in [4.78, 5) is 15.9. The minimum Gasteiger partial charge on any atom is -0.497 e. The van der Waals surface area contributed by atoms with Gasteiger partial charge in [0.25, 0.3) is 0 Å². The SMILES string of the molecule is COc1ccc(OCCCCn2c(CCNC(C)=O)nc3ccccc32)cc1. The van der Waals surface area contributed by atoms with Gasteiger partial charge in [-0.05, 0) is 49.2 Å². The zero-order valence-corrected chi connectivity index (χ0v) is 16.5. The van der Waals surface area contributed by atoms with E-state index in [0.29, 0.717) is 13.2 Å². The van der Waals surface area contributed by atoms with Crippen LogP contribution in [0.4, 0.5) is 0 Å². The Kier molecular flexibility index (Phi) is 6.89. The molecule has 0 radical (unpaired) electrons. The third kappa shape index (κ3) is 5.25. The molecule has 6 nitrogen and oxygen atoms in total. The number of carbonyl (C=O) groups is 1. The van der Waals surface area contributed by atoms with Crippen LogP contribution in [0.5, 0.6) is 11.5 Å². The molecule has 6 heteroatoms. The number of aromatic nitrogens is 2. The van der Waals surface area contributed by atoms with Gasteiger partial charge in [0.2, 0.25) is 5.91 Å². The summed E-state index contributed by atoms with van der Waals surface area (Å²) in [5.41, 5.74) is 2.13. The second-order valence-corrected chi connectivity index (χ2v) is 6.63. The molecule has 1 heterocycles. The fourth-order valence-electron chi connectivity index (χ4n) is 3.15. The second kappa shape index (κ2) is 9.78. The molecule has 0 aliphatic carbocycles. The maximum Gasteiger partial charge on any atom is 0.216 e. The van der Waals surface area contributed by atoms with Gasteiger partial charge in [0.1, 0.15) is 17.3 Å². The van der Waals surface area contributed by atoms with Crippen LogP contribution in [0.15, 0.2) is 48.5 Å². The Morgan fingerprint density at radius 1 is 1.07 bits per heavy atom. The highest BCUT2D eigenvalue weighted by atomic mass is 16.5. The number of unbranched alkanes of at least 4 members (excludes halogenated alkanes) is 1. The van der Waals surface area contributed by atoms with E-state index in [4.69, 9.17) is 14.5 Å². The quantitative estimate of drug-likeness (QED) is 0.545. The van der Waals surface area contributed by atoms with Gasteiger partial charge < -0.3 is 19.4 Å². The summed E-state index contributed by atoms with van der Waals surface area (Å²) in [6, 6.07) is 15.8. The number of nitrogens with zero attached hydrogens (tertiary/aromatic N) is 2. The van der Waals surface area contributed by atoms with Crippen molar-refractivity contribution in [2.75, 3.05) is 20.3 Å². The molecular formula is C22H27N3O3. The monoisotopic (exact) mass is 381 g/mol. The van der Waals surface area contributed by atoms with Crippen molar-refractivity contribution in [3.05, 3.63) is 54.4 Å². The highest BCUT2D eigenvalue weighted by Gasteiger charge is 2.10. The third-order valence-corrected chi connectivity index (χ3v) is 4.56. The summed E-state index contributed by atoms with van der Waals surface area (Å²) in [5.74, 6) is 2.67. The molecular weight excluding hydrogens is 354 g/mol. The van der Waals surface area contributed by atoms with E-state index < -0.39 is 0 Å². The molecule has 0 aliphatic rings. The minimum absolute atomic E-state index is 0.0154. The molecule has 0 bridgehead atoms. The van der Waals surface area contributed by atoms with Crippen LogP contribution in [0.1, 0.15) is 25.6 Å². The molecule has 3 aromatic rings. The molecule has 3 rings (SSSR count). The van der Waals surface area contributed by atoms with Gasteiger partial charge in [0.05, 0.1) is 24.8 Å². The van der Waals surface area contributed by atoms with Crippen LogP contribution in [-0.4, -0.2) is 35.7 Å². The van der Waals surface area contributed by atoms with Crippen molar-refractivity contribution in [1.82, 2.24) is 14.9 Å². The van der Waals surface area contributed by atoms with E-state index in [2.05, 4.69) is 16.0 Å². The van der Waals surface area contributed by atoms with Crippen molar-refractivity contribution >= 4 is 16.9 Å². The van der Waals surface area contributed by atoms with E-state index >= 15 is 0 Å². The number of imidazole rings is 1. The first kappa shape index (κ1) is 19.7. The smallest absolute Gasteiger partial charge is 0.216 e. The summed E-state index contributed by atoms with van der Waals surface area (Å²) in [7, 11) is 1.65. The van der Waals surface area contributed by atoms with Crippen LogP contribution in [0.3, 0.4) is 0 Å². The van der Waals surface area contributed by atoms with Crippen LogP contribution < -0.4 is 14.8 Å². The standard InChI is InChI=1S/C22H27N3O3/c1-17(26)23-14-13-22-24-20-7-3-4-8-21(20)25(22)15-5-6-16-28-19-11-9-18(27-2)10-12-19/h3-4,7-12H,5-6,13-16H2,1-2H3,(H,23,26). The Morgan fingerprint density at radius 3 is 2.57 bits per heavy atom. The van der Waals surface area contributed by atoms with Crippen LogP contribution in [-0.2, 0) is 17.8 Å². The van der Waals surface area contributed by atoms with Gasteiger partial charge in [-0.3, -0.25) is 4.79 Å². The van der Waals surface area contributed by atoms with Crippen molar-refractivity contribution in [2.24, 2.45) is 0 Å². The molecule has 1 amide bonds. The van der Waals surface area contributed by atoms with E-state index in [1.54, 1.807) is 7.11 Å². The van der Waals surface area contributed by atoms with E-state index in [1.807, 2.05) is 42.5 Å². The first-order valence-electron chi connectivity index (χ1n) is 9.63. The largest absolute Gasteiger partial charge is 0.497 e. The summed E-state index contributed by atoms with van der Waals surface area (Å²) in [5, 5.41) is 2.85. The van der Waals surface area contributed by atoms with Crippen LogP contribution in [0.25, 0.3) is 11.0 Å². The molecule has 2 aromatic carbocycles. The zero-order chi connectivity index (χ0) is 19.8.